The van der Waals surface area contributed by atoms with Crippen LogP contribution in [0.15, 0.2) is 10.8 Å². The van der Waals surface area contributed by atoms with E-state index >= 15 is 0 Å². The number of nitrogens with one attached hydrogen (secondary N) is 2. The van der Waals surface area contributed by atoms with E-state index in [1.54, 1.807) is 6.33 Å². The molecule has 4 nitrogen and oxygen atoms in total. The van der Waals surface area contributed by atoms with Crippen molar-refractivity contribution in [3.8, 4) is 0 Å². The van der Waals surface area contributed by atoms with E-state index in [0.717, 1.165) is 35.1 Å². The van der Waals surface area contributed by atoms with E-state index in [1.807, 2.05) is 0 Å². The molecule has 1 aromatic heterocycles. The molecule has 0 atom stereocenters. The summed E-state index contributed by atoms with van der Waals surface area (Å²) in [4.78, 5) is 8.49. The minimum Gasteiger partial charge on any atom is -0.369 e. The van der Waals surface area contributed by atoms with Gasteiger partial charge in [-0.05, 0) is 41.6 Å². The van der Waals surface area contributed by atoms with Gasteiger partial charge in [-0.3, -0.25) is 0 Å². The molecule has 1 fully saturated rings. The molecule has 0 bridgehead atoms. The molecule has 1 heterocycles. The Kier molecular flexibility index (Phi) is 5.89. The van der Waals surface area contributed by atoms with Crippen molar-refractivity contribution in [2.75, 3.05) is 23.7 Å². The van der Waals surface area contributed by atoms with E-state index in [4.69, 9.17) is 0 Å². The van der Waals surface area contributed by atoms with Gasteiger partial charge in [0, 0.05) is 13.1 Å². The predicted octanol–water partition coefficient (Wildman–Crippen LogP) is 4.05. The van der Waals surface area contributed by atoms with Crippen LogP contribution in [0.2, 0.25) is 0 Å². The molecule has 5 heteroatoms. The highest BCUT2D eigenvalue weighted by Crippen LogP contribution is 2.29. The van der Waals surface area contributed by atoms with Crippen LogP contribution >= 0.6 is 15.9 Å². The first-order valence-electron chi connectivity index (χ1n) is 7.29. The van der Waals surface area contributed by atoms with Gasteiger partial charge in [-0.15, -0.1) is 0 Å². The molecular formula is C14H23BrN4. The number of hydrogen-bond donors (Lipinski definition) is 2. The predicted molar refractivity (Wildman–Crippen MR) is 83.6 cm³/mol. The minimum atomic E-state index is 0.857. The standard InChI is InChI=1S/C14H23BrN4/c1-2-16-13-12(15)14(19-10-18-13)17-9-5-8-11-6-3-4-7-11/h10-11H,2-9H2,1H3,(H2,16,17,18,19). The maximum Gasteiger partial charge on any atom is 0.145 e. The van der Waals surface area contributed by atoms with E-state index < -0.39 is 0 Å². The van der Waals surface area contributed by atoms with Crippen molar-refractivity contribution in [3.63, 3.8) is 0 Å². The third kappa shape index (κ3) is 4.34. The van der Waals surface area contributed by atoms with Crippen LogP contribution in [0.5, 0.6) is 0 Å². The van der Waals surface area contributed by atoms with Crippen LogP contribution in [-0.4, -0.2) is 23.1 Å². The molecule has 1 saturated carbocycles. The molecule has 1 aromatic rings. The quantitative estimate of drug-likeness (QED) is 0.742. The Labute approximate surface area is 123 Å². The normalized spacial score (nSPS) is 15.7. The van der Waals surface area contributed by atoms with Crippen molar-refractivity contribution in [1.29, 1.82) is 0 Å². The van der Waals surface area contributed by atoms with Crippen molar-refractivity contribution in [2.45, 2.75) is 45.4 Å². The van der Waals surface area contributed by atoms with Gasteiger partial charge in [0.05, 0.1) is 0 Å². The Morgan fingerprint density at radius 2 is 1.89 bits per heavy atom. The Bertz CT molecular complexity index is 391. The zero-order valence-electron chi connectivity index (χ0n) is 11.6. The second kappa shape index (κ2) is 7.68. The van der Waals surface area contributed by atoms with Gasteiger partial charge < -0.3 is 10.6 Å². The summed E-state index contributed by atoms with van der Waals surface area (Å²) in [6.45, 7) is 3.90. The highest BCUT2D eigenvalue weighted by atomic mass is 79.9. The maximum atomic E-state index is 4.28. The summed E-state index contributed by atoms with van der Waals surface area (Å²) < 4.78 is 0.928. The van der Waals surface area contributed by atoms with Gasteiger partial charge in [-0.1, -0.05) is 25.7 Å². The summed E-state index contributed by atoms with van der Waals surface area (Å²) in [5, 5.41) is 6.61. The van der Waals surface area contributed by atoms with E-state index in [0.29, 0.717) is 0 Å². The van der Waals surface area contributed by atoms with Crippen LogP contribution in [0.4, 0.5) is 11.6 Å². The molecule has 0 radical (unpaired) electrons. The lowest BCUT2D eigenvalue weighted by Gasteiger charge is -2.12. The Morgan fingerprint density at radius 1 is 1.21 bits per heavy atom. The molecule has 2 rings (SSSR count). The molecule has 0 aliphatic heterocycles. The Balaban J connectivity index is 1.77. The van der Waals surface area contributed by atoms with Crippen molar-refractivity contribution in [3.05, 3.63) is 10.8 Å². The highest BCUT2D eigenvalue weighted by Gasteiger charge is 2.14. The summed E-state index contributed by atoms with van der Waals surface area (Å²) in [6, 6.07) is 0. The topological polar surface area (TPSA) is 49.8 Å². The highest BCUT2D eigenvalue weighted by molar-refractivity contribution is 9.10. The molecule has 0 amide bonds. The van der Waals surface area contributed by atoms with E-state index in [9.17, 15) is 0 Å². The smallest absolute Gasteiger partial charge is 0.145 e. The molecule has 106 valence electrons. The van der Waals surface area contributed by atoms with Gasteiger partial charge in [0.2, 0.25) is 0 Å². The summed E-state index contributed by atoms with van der Waals surface area (Å²) in [5.41, 5.74) is 0. The summed E-state index contributed by atoms with van der Waals surface area (Å²) in [5.74, 6) is 2.71. The zero-order chi connectivity index (χ0) is 13.5. The first kappa shape index (κ1) is 14.6. The molecule has 0 unspecified atom stereocenters. The van der Waals surface area contributed by atoms with Gasteiger partial charge >= 0.3 is 0 Å². The monoisotopic (exact) mass is 326 g/mol. The SMILES string of the molecule is CCNc1ncnc(NCCCC2CCCC2)c1Br. The molecule has 0 spiro atoms. The minimum absolute atomic E-state index is 0.857. The molecular weight excluding hydrogens is 304 g/mol. The second-order valence-corrected chi connectivity index (χ2v) is 5.93. The first-order chi connectivity index (χ1) is 9.31. The van der Waals surface area contributed by atoms with Gasteiger partial charge in [0.25, 0.3) is 0 Å². The van der Waals surface area contributed by atoms with Crippen molar-refractivity contribution >= 4 is 27.6 Å². The van der Waals surface area contributed by atoms with Crippen molar-refractivity contribution < 1.29 is 0 Å². The summed E-state index contributed by atoms with van der Waals surface area (Å²) in [7, 11) is 0. The zero-order valence-corrected chi connectivity index (χ0v) is 13.2. The fraction of sp³-hybridized carbons (Fsp3) is 0.714. The van der Waals surface area contributed by atoms with Crippen molar-refractivity contribution in [2.24, 2.45) is 5.92 Å². The van der Waals surface area contributed by atoms with Crippen LogP contribution in [0.1, 0.15) is 45.4 Å². The second-order valence-electron chi connectivity index (χ2n) is 5.13. The molecule has 0 saturated heterocycles. The lowest BCUT2D eigenvalue weighted by Crippen LogP contribution is -2.08. The largest absolute Gasteiger partial charge is 0.369 e. The average molecular weight is 327 g/mol. The Morgan fingerprint density at radius 3 is 2.58 bits per heavy atom. The summed E-state index contributed by atoms with van der Waals surface area (Å²) in [6.07, 6.45) is 9.89. The third-order valence-corrected chi connectivity index (χ3v) is 4.44. The van der Waals surface area contributed by atoms with Gasteiger partial charge in [-0.2, -0.15) is 0 Å². The van der Waals surface area contributed by atoms with E-state index in [1.165, 1.54) is 38.5 Å². The molecule has 0 aromatic carbocycles. The number of hydrogen-bond acceptors (Lipinski definition) is 4. The summed E-state index contributed by atoms with van der Waals surface area (Å²) >= 11 is 3.55. The number of aromatic nitrogens is 2. The van der Waals surface area contributed by atoms with Crippen LogP contribution < -0.4 is 10.6 Å². The fourth-order valence-corrected chi connectivity index (χ4v) is 3.17. The van der Waals surface area contributed by atoms with Gasteiger partial charge in [-0.25, -0.2) is 9.97 Å². The van der Waals surface area contributed by atoms with Gasteiger partial charge in [0.15, 0.2) is 0 Å². The molecule has 19 heavy (non-hydrogen) atoms. The number of rotatable bonds is 7. The molecule has 1 aliphatic rings. The maximum absolute atomic E-state index is 4.28. The molecule has 2 N–H and O–H groups in total. The van der Waals surface area contributed by atoms with Crippen molar-refractivity contribution in [1.82, 2.24) is 9.97 Å². The van der Waals surface area contributed by atoms with Crippen LogP contribution in [0, 0.1) is 5.92 Å². The van der Waals surface area contributed by atoms with E-state index in [-0.39, 0.29) is 0 Å². The molecule has 1 aliphatic carbocycles. The number of nitrogens with zero attached hydrogens (tertiary/aromatic N) is 2. The number of halogens is 1. The lowest BCUT2D eigenvalue weighted by molar-refractivity contribution is 0.491. The van der Waals surface area contributed by atoms with Crippen LogP contribution in [0.25, 0.3) is 0 Å². The van der Waals surface area contributed by atoms with Crippen LogP contribution in [-0.2, 0) is 0 Å². The van der Waals surface area contributed by atoms with Crippen LogP contribution in [0.3, 0.4) is 0 Å². The number of anilines is 2. The first-order valence-corrected chi connectivity index (χ1v) is 8.08. The van der Waals surface area contributed by atoms with E-state index in [2.05, 4.69) is 43.5 Å². The lowest BCUT2D eigenvalue weighted by atomic mass is 10.0. The average Bonchev–Trinajstić information content (AvgIpc) is 2.92. The Hall–Kier alpha value is -0.840. The fourth-order valence-electron chi connectivity index (χ4n) is 2.68. The van der Waals surface area contributed by atoms with Gasteiger partial charge in [0.1, 0.15) is 22.4 Å². The third-order valence-electron chi connectivity index (χ3n) is 3.69.